The molecule has 1 atom stereocenters. The first kappa shape index (κ1) is 19.9. The minimum Gasteiger partial charge on any atom is -0.381 e. The summed E-state index contributed by atoms with van der Waals surface area (Å²) in [5.74, 6) is -1.70. The Balaban J connectivity index is 1.75. The number of amides is 2. The number of benzene rings is 1. The van der Waals surface area contributed by atoms with Crippen molar-refractivity contribution in [3.05, 3.63) is 29.3 Å². The van der Waals surface area contributed by atoms with Gasteiger partial charge in [-0.15, -0.1) is 0 Å². The van der Waals surface area contributed by atoms with Crippen LogP contribution in [0.15, 0.2) is 24.3 Å². The molecule has 148 valence electrons. The van der Waals surface area contributed by atoms with Gasteiger partial charge in [0.1, 0.15) is 6.54 Å². The van der Waals surface area contributed by atoms with Crippen LogP contribution in [0.5, 0.6) is 0 Å². The number of carbonyl (C=O) groups is 2. The van der Waals surface area contributed by atoms with E-state index in [0.29, 0.717) is 36.8 Å². The van der Waals surface area contributed by atoms with E-state index in [-0.39, 0.29) is 18.9 Å². The van der Waals surface area contributed by atoms with E-state index >= 15 is 0 Å². The lowest BCUT2D eigenvalue weighted by Gasteiger charge is -2.36. The van der Waals surface area contributed by atoms with E-state index in [1.807, 2.05) is 0 Å². The smallest absolute Gasteiger partial charge is 0.381 e. The summed E-state index contributed by atoms with van der Waals surface area (Å²) in [7, 11) is 0. The minimum absolute atomic E-state index is 0.0663. The molecular formula is C18H20ClF3N2O3. The highest BCUT2D eigenvalue weighted by Gasteiger charge is 2.43. The summed E-state index contributed by atoms with van der Waals surface area (Å²) in [5, 5.41) is 0.508. The Hall–Kier alpha value is -1.80. The second-order valence-corrected chi connectivity index (χ2v) is 7.24. The summed E-state index contributed by atoms with van der Waals surface area (Å²) in [6.45, 7) is -0.585. The Morgan fingerprint density at radius 1 is 1.22 bits per heavy atom. The Morgan fingerprint density at radius 3 is 2.44 bits per heavy atom. The van der Waals surface area contributed by atoms with E-state index in [0.717, 1.165) is 4.90 Å². The SMILES string of the molecule is O=C1CC(C(=O)N(CC(F)(F)F)C2CCOCC2)CN1c1ccc(Cl)cc1. The maximum absolute atomic E-state index is 13.0. The van der Waals surface area contributed by atoms with Gasteiger partial charge >= 0.3 is 6.18 Å². The van der Waals surface area contributed by atoms with Crippen molar-refractivity contribution in [3.63, 3.8) is 0 Å². The predicted octanol–water partition coefficient (Wildman–Crippen LogP) is 3.26. The van der Waals surface area contributed by atoms with Crippen LogP contribution in [-0.2, 0) is 14.3 Å². The molecule has 0 aliphatic carbocycles. The molecule has 2 saturated heterocycles. The number of hydrogen-bond donors (Lipinski definition) is 0. The van der Waals surface area contributed by atoms with Crippen LogP contribution >= 0.6 is 11.6 Å². The Kier molecular flexibility index (Phi) is 5.95. The quantitative estimate of drug-likeness (QED) is 0.774. The molecule has 3 rings (SSSR count). The zero-order valence-corrected chi connectivity index (χ0v) is 15.3. The number of hydrogen-bond acceptors (Lipinski definition) is 3. The molecule has 1 aromatic carbocycles. The first-order chi connectivity index (χ1) is 12.7. The highest BCUT2D eigenvalue weighted by Crippen LogP contribution is 2.30. The average molecular weight is 405 g/mol. The Labute approximate surface area is 160 Å². The molecule has 0 aromatic heterocycles. The summed E-state index contributed by atoms with van der Waals surface area (Å²) in [5.41, 5.74) is 0.577. The van der Waals surface area contributed by atoms with E-state index in [1.54, 1.807) is 24.3 Å². The predicted molar refractivity (Wildman–Crippen MR) is 93.5 cm³/mol. The van der Waals surface area contributed by atoms with Crippen molar-refractivity contribution in [2.75, 3.05) is 31.2 Å². The van der Waals surface area contributed by atoms with Crippen molar-refractivity contribution in [1.82, 2.24) is 4.90 Å². The lowest BCUT2D eigenvalue weighted by molar-refractivity contribution is -0.171. The van der Waals surface area contributed by atoms with Gasteiger partial charge in [-0.3, -0.25) is 9.59 Å². The van der Waals surface area contributed by atoms with Crippen LogP contribution < -0.4 is 4.90 Å². The highest BCUT2D eigenvalue weighted by molar-refractivity contribution is 6.30. The Bertz CT molecular complexity index is 690. The monoisotopic (exact) mass is 404 g/mol. The average Bonchev–Trinajstić information content (AvgIpc) is 3.01. The first-order valence-corrected chi connectivity index (χ1v) is 9.13. The number of nitrogens with zero attached hydrogens (tertiary/aromatic N) is 2. The van der Waals surface area contributed by atoms with E-state index in [9.17, 15) is 22.8 Å². The van der Waals surface area contributed by atoms with Gasteiger partial charge in [0.25, 0.3) is 0 Å². The molecule has 1 aromatic rings. The maximum Gasteiger partial charge on any atom is 0.406 e. The summed E-state index contributed by atoms with van der Waals surface area (Å²) in [6.07, 6.45) is -3.86. The van der Waals surface area contributed by atoms with Crippen molar-refractivity contribution < 1.29 is 27.5 Å². The standard InChI is InChI=1S/C18H20ClF3N2O3/c19-13-1-3-14(4-2-13)23-10-12(9-16(23)25)17(26)24(11-18(20,21)22)15-5-7-27-8-6-15/h1-4,12,15H,5-11H2. The molecule has 5 nitrogen and oxygen atoms in total. The Morgan fingerprint density at radius 2 is 1.85 bits per heavy atom. The summed E-state index contributed by atoms with van der Waals surface area (Å²) in [4.78, 5) is 27.5. The van der Waals surface area contributed by atoms with E-state index in [2.05, 4.69) is 0 Å². The van der Waals surface area contributed by atoms with Gasteiger partial charge in [-0.1, -0.05) is 11.6 Å². The van der Waals surface area contributed by atoms with Crippen LogP contribution in [-0.4, -0.2) is 55.2 Å². The van der Waals surface area contributed by atoms with Gasteiger partial charge in [0.2, 0.25) is 11.8 Å². The van der Waals surface area contributed by atoms with Gasteiger partial charge in [-0.25, -0.2) is 0 Å². The largest absolute Gasteiger partial charge is 0.406 e. The van der Waals surface area contributed by atoms with Crippen LogP contribution in [0.1, 0.15) is 19.3 Å². The molecule has 27 heavy (non-hydrogen) atoms. The van der Waals surface area contributed by atoms with Crippen molar-refractivity contribution >= 4 is 29.1 Å². The van der Waals surface area contributed by atoms with Gasteiger partial charge in [0.05, 0.1) is 5.92 Å². The van der Waals surface area contributed by atoms with Crippen molar-refractivity contribution in [2.45, 2.75) is 31.5 Å². The molecule has 2 aliphatic heterocycles. The number of alkyl halides is 3. The number of ether oxygens (including phenoxy) is 1. The molecule has 0 spiro atoms. The van der Waals surface area contributed by atoms with E-state index < -0.39 is 30.6 Å². The van der Waals surface area contributed by atoms with Crippen LogP contribution in [0.2, 0.25) is 5.02 Å². The highest BCUT2D eigenvalue weighted by atomic mass is 35.5. The van der Waals surface area contributed by atoms with E-state index in [1.165, 1.54) is 4.90 Å². The molecule has 2 heterocycles. The first-order valence-electron chi connectivity index (χ1n) is 8.75. The van der Waals surface area contributed by atoms with Crippen LogP contribution in [0.25, 0.3) is 0 Å². The van der Waals surface area contributed by atoms with Gasteiger partial charge in [-0.05, 0) is 37.1 Å². The molecule has 2 fully saturated rings. The number of carbonyl (C=O) groups excluding carboxylic acids is 2. The zero-order valence-electron chi connectivity index (χ0n) is 14.5. The second kappa shape index (κ2) is 8.06. The molecule has 2 aliphatic rings. The third kappa shape index (κ3) is 4.93. The maximum atomic E-state index is 13.0. The van der Waals surface area contributed by atoms with Crippen molar-refractivity contribution in [1.29, 1.82) is 0 Å². The number of rotatable bonds is 4. The third-order valence-electron chi connectivity index (χ3n) is 4.88. The van der Waals surface area contributed by atoms with Crippen LogP contribution in [0.3, 0.4) is 0 Å². The summed E-state index contributed by atoms with van der Waals surface area (Å²) < 4.78 is 44.3. The number of halogens is 4. The summed E-state index contributed by atoms with van der Waals surface area (Å²) in [6, 6.07) is 6.03. The van der Waals surface area contributed by atoms with Gasteiger partial charge in [0, 0.05) is 42.9 Å². The van der Waals surface area contributed by atoms with Crippen LogP contribution in [0, 0.1) is 5.92 Å². The second-order valence-electron chi connectivity index (χ2n) is 6.81. The molecule has 9 heteroatoms. The zero-order chi connectivity index (χ0) is 19.6. The van der Waals surface area contributed by atoms with Crippen LogP contribution in [0.4, 0.5) is 18.9 Å². The topological polar surface area (TPSA) is 49.9 Å². The van der Waals surface area contributed by atoms with E-state index in [4.69, 9.17) is 16.3 Å². The van der Waals surface area contributed by atoms with Crippen molar-refractivity contribution in [3.8, 4) is 0 Å². The molecule has 0 N–H and O–H groups in total. The van der Waals surface area contributed by atoms with Gasteiger partial charge in [-0.2, -0.15) is 13.2 Å². The van der Waals surface area contributed by atoms with Crippen molar-refractivity contribution in [2.24, 2.45) is 5.92 Å². The molecule has 0 bridgehead atoms. The minimum atomic E-state index is -4.49. The fraction of sp³-hybridized carbons (Fsp3) is 0.556. The van der Waals surface area contributed by atoms with Gasteiger partial charge in [0.15, 0.2) is 0 Å². The molecule has 2 amide bonds. The normalized spacial score (nSPS) is 21.6. The number of anilines is 1. The fourth-order valence-electron chi connectivity index (χ4n) is 3.56. The molecular weight excluding hydrogens is 385 g/mol. The van der Waals surface area contributed by atoms with Gasteiger partial charge < -0.3 is 14.5 Å². The lowest BCUT2D eigenvalue weighted by Crippen LogP contribution is -2.50. The summed E-state index contributed by atoms with van der Waals surface area (Å²) >= 11 is 5.84. The molecule has 0 radical (unpaired) electrons. The fourth-order valence-corrected chi connectivity index (χ4v) is 3.68. The molecule has 1 unspecified atom stereocenters. The third-order valence-corrected chi connectivity index (χ3v) is 5.13. The lowest BCUT2D eigenvalue weighted by atomic mass is 10.0. The molecule has 0 saturated carbocycles.